The summed E-state index contributed by atoms with van der Waals surface area (Å²) in [5.74, 6) is -5.74. The highest BCUT2D eigenvalue weighted by atomic mass is 32.2. The summed E-state index contributed by atoms with van der Waals surface area (Å²) in [6, 6.07) is 14.1. The Kier molecular flexibility index (Phi) is 8.06. The number of aliphatic imine (C=N–C) groups is 1. The first-order chi connectivity index (χ1) is 20.3. The van der Waals surface area contributed by atoms with Crippen LogP contribution in [0.5, 0.6) is 0 Å². The van der Waals surface area contributed by atoms with Crippen LogP contribution in [0.25, 0.3) is 11.1 Å². The molecule has 0 aliphatic carbocycles. The average molecular weight is 619 g/mol. The fourth-order valence-corrected chi connectivity index (χ4v) is 6.92. The molecule has 0 bridgehead atoms. The quantitative estimate of drug-likeness (QED) is 0.160. The van der Waals surface area contributed by atoms with Crippen molar-refractivity contribution in [2.24, 2.45) is 4.99 Å². The van der Waals surface area contributed by atoms with Gasteiger partial charge in [0.1, 0.15) is 11.6 Å². The minimum atomic E-state index is -4.87. The molecule has 0 saturated heterocycles. The van der Waals surface area contributed by atoms with Crippen LogP contribution in [-0.4, -0.2) is 23.1 Å². The number of hydrogen-bond donors (Lipinski definition) is 0. The van der Waals surface area contributed by atoms with Crippen molar-refractivity contribution < 1.29 is 30.7 Å². The molecule has 0 spiro atoms. The number of thioether (sulfide) groups is 1. The van der Waals surface area contributed by atoms with E-state index >= 15 is 8.78 Å². The van der Waals surface area contributed by atoms with E-state index in [1.165, 1.54) is 42.4 Å². The maximum absolute atomic E-state index is 15.7. The normalized spacial score (nSPS) is 15.6. The smallest absolute Gasteiger partial charge is 0.292 e. The van der Waals surface area contributed by atoms with Gasteiger partial charge in [-0.15, -0.1) is 11.8 Å². The van der Waals surface area contributed by atoms with Gasteiger partial charge in [0.2, 0.25) is 0 Å². The number of benzene rings is 3. The number of rotatable bonds is 6. The van der Waals surface area contributed by atoms with Crippen LogP contribution in [-0.2, 0) is 18.5 Å². The Labute approximate surface area is 247 Å². The lowest BCUT2D eigenvalue weighted by molar-refractivity contribution is -0.138. The number of alkyl halides is 5. The molecular formula is C32H25F7N2OS. The fraction of sp³-hybridized carbons (Fsp3) is 0.250. The molecule has 0 radical (unpaired) electrons. The van der Waals surface area contributed by atoms with E-state index in [9.17, 15) is 26.7 Å². The summed E-state index contributed by atoms with van der Waals surface area (Å²) >= 11 is 1.19. The highest BCUT2D eigenvalue weighted by Gasteiger charge is 2.38. The van der Waals surface area contributed by atoms with Gasteiger partial charge in [-0.05, 0) is 35.7 Å². The van der Waals surface area contributed by atoms with E-state index in [2.05, 4.69) is 4.99 Å². The zero-order chi connectivity index (χ0) is 31.3. The van der Waals surface area contributed by atoms with Crippen LogP contribution in [0.2, 0.25) is 0 Å². The molecule has 4 aromatic rings. The number of pyridine rings is 1. The van der Waals surface area contributed by atoms with Crippen LogP contribution in [0.15, 0.2) is 81.5 Å². The van der Waals surface area contributed by atoms with Gasteiger partial charge in [-0.1, -0.05) is 54.6 Å². The van der Waals surface area contributed by atoms with E-state index in [4.69, 9.17) is 0 Å². The second-order valence-electron chi connectivity index (χ2n) is 10.3. The maximum Gasteiger partial charge on any atom is 0.416 e. The minimum Gasteiger partial charge on any atom is -0.292 e. The molecule has 1 aliphatic heterocycles. The summed E-state index contributed by atoms with van der Waals surface area (Å²) in [6.45, 7) is 1.94. The zero-order valence-electron chi connectivity index (χ0n) is 23.2. The van der Waals surface area contributed by atoms with Crippen LogP contribution >= 0.6 is 11.8 Å². The topological polar surface area (TPSA) is 34.4 Å². The number of hydrogen-bond acceptors (Lipinski definition) is 3. The lowest BCUT2D eigenvalue weighted by atomic mass is 9.91. The van der Waals surface area contributed by atoms with Gasteiger partial charge in [0.25, 0.3) is 11.5 Å². The molecule has 0 fully saturated rings. The molecule has 0 saturated carbocycles. The van der Waals surface area contributed by atoms with Crippen LogP contribution in [0.1, 0.15) is 46.3 Å². The summed E-state index contributed by atoms with van der Waals surface area (Å²) in [5, 5.41) is 0.280. The Bertz CT molecular complexity index is 1790. The molecule has 0 amide bonds. The van der Waals surface area contributed by atoms with Gasteiger partial charge >= 0.3 is 6.18 Å². The summed E-state index contributed by atoms with van der Waals surface area (Å²) in [5.41, 5.74) is -2.78. The van der Waals surface area contributed by atoms with Crippen molar-refractivity contribution in [3.63, 3.8) is 0 Å². The van der Waals surface area contributed by atoms with E-state index in [0.717, 1.165) is 24.3 Å². The Morgan fingerprint density at radius 3 is 2.21 bits per heavy atom. The molecule has 5 rings (SSSR count). The van der Waals surface area contributed by atoms with Gasteiger partial charge in [-0.3, -0.25) is 14.4 Å². The second kappa shape index (κ2) is 11.3. The summed E-state index contributed by atoms with van der Waals surface area (Å²) in [4.78, 5) is 18.6. The summed E-state index contributed by atoms with van der Waals surface area (Å²) < 4.78 is 103. The number of fused-ring (bicyclic) bond motifs is 1. The molecule has 43 heavy (non-hydrogen) atoms. The van der Waals surface area contributed by atoms with Crippen molar-refractivity contribution in [1.29, 1.82) is 0 Å². The van der Waals surface area contributed by atoms with Crippen molar-refractivity contribution in [1.82, 2.24) is 4.57 Å². The van der Waals surface area contributed by atoms with Crippen LogP contribution < -0.4 is 5.56 Å². The van der Waals surface area contributed by atoms with Gasteiger partial charge < -0.3 is 0 Å². The van der Waals surface area contributed by atoms with Gasteiger partial charge in [0, 0.05) is 37.3 Å². The highest BCUT2D eigenvalue weighted by molar-refractivity contribution is 7.99. The van der Waals surface area contributed by atoms with Crippen molar-refractivity contribution in [2.75, 3.05) is 12.8 Å². The largest absolute Gasteiger partial charge is 0.416 e. The van der Waals surface area contributed by atoms with Crippen molar-refractivity contribution in [3.8, 4) is 11.1 Å². The Morgan fingerprint density at radius 1 is 0.930 bits per heavy atom. The molecular weight excluding hydrogens is 593 g/mol. The predicted molar refractivity (Wildman–Crippen MR) is 153 cm³/mol. The van der Waals surface area contributed by atoms with Crippen molar-refractivity contribution in [3.05, 3.63) is 122 Å². The van der Waals surface area contributed by atoms with Gasteiger partial charge in [0.15, 0.2) is 0 Å². The molecule has 1 atom stereocenters. The third-order valence-electron chi connectivity index (χ3n) is 7.57. The molecule has 0 N–H and O–H groups in total. The molecule has 224 valence electrons. The first kappa shape index (κ1) is 30.6. The van der Waals surface area contributed by atoms with Gasteiger partial charge in [0.05, 0.1) is 33.5 Å². The molecule has 2 heterocycles. The number of aromatic nitrogens is 1. The summed E-state index contributed by atoms with van der Waals surface area (Å²) in [6.07, 6.45) is -5.45. The van der Waals surface area contributed by atoms with E-state index in [0.29, 0.717) is 18.2 Å². The Hall–Kier alpha value is -3.86. The molecule has 1 aromatic heterocycles. The van der Waals surface area contributed by atoms with E-state index in [1.807, 2.05) is 0 Å². The van der Waals surface area contributed by atoms with Crippen molar-refractivity contribution in [2.45, 2.75) is 43.4 Å². The first-order valence-corrected chi connectivity index (χ1v) is 14.2. The van der Waals surface area contributed by atoms with Crippen LogP contribution in [0.4, 0.5) is 30.7 Å². The standard InChI is InChI=1S/C32H25F7N2OS/c1-17-20(15-21-22(32(37,38)39)12-8-14-24(21)33)30-41(25(16-43-30)28(40-3)18-9-5-4-6-10-18)29(42)26(17)19-11-7-13-23(27(19)34)31(2,35)36/h4-14,25H,15-16H2,1-3H3. The van der Waals surface area contributed by atoms with Gasteiger partial charge in [-0.25, -0.2) is 17.6 Å². The monoisotopic (exact) mass is 618 g/mol. The molecule has 3 aromatic carbocycles. The van der Waals surface area contributed by atoms with Crippen molar-refractivity contribution >= 4 is 17.5 Å². The molecule has 1 aliphatic rings. The minimum absolute atomic E-state index is 0.0749. The van der Waals surface area contributed by atoms with Crippen LogP contribution in [0.3, 0.4) is 0 Å². The maximum atomic E-state index is 15.7. The second-order valence-corrected chi connectivity index (χ2v) is 11.3. The fourth-order valence-electron chi connectivity index (χ4n) is 5.55. The Balaban J connectivity index is 1.83. The highest BCUT2D eigenvalue weighted by Crippen LogP contribution is 2.43. The third-order valence-corrected chi connectivity index (χ3v) is 8.77. The number of halogens is 7. The number of nitrogens with zero attached hydrogens (tertiary/aromatic N) is 2. The van der Waals surface area contributed by atoms with Crippen LogP contribution in [0, 0.1) is 18.6 Å². The van der Waals surface area contributed by atoms with E-state index in [-0.39, 0.29) is 27.5 Å². The third kappa shape index (κ3) is 5.50. The molecule has 11 heteroatoms. The Morgan fingerprint density at radius 2 is 1.58 bits per heavy atom. The van der Waals surface area contributed by atoms with Gasteiger partial charge in [-0.2, -0.15) is 13.2 Å². The SMILES string of the molecule is CN=C(c1ccccc1)C1CSc2c(Cc3c(F)cccc3C(F)(F)F)c(C)c(-c3cccc(C(C)(F)F)c3F)c(=O)n21. The average Bonchev–Trinajstić information content (AvgIpc) is 3.37. The van der Waals surface area contributed by atoms with E-state index < -0.39 is 64.0 Å². The predicted octanol–water partition coefficient (Wildman–Crippen LogP) is 8.59. The lowest BCUT2D eigenvalue weighted by Gasteiger charge is -2.23. The molecule has 1 unspecified atom stereocenters. The lowest BCUT2D eigenvalue weighted by Crippen LogP contribution is -2.32. The summed E-state index contributed by atoms with van der Waals surface area (Å²) in [7, 11) is 1.54. The zero-order valence-corrected chi connectivity index (χ0v) is 24.0. The first-order valence-electron chi connectivity index (χ1n) is 13.2. The van der Waals surface area contributed by atoms with E-state index in [1.54, 1.807) is 30.3 Å². The molecule has 3 nitrogen and oxygen atoms in total.